The second-order valence-electron chi connectivity index (χ2n) is 4.72. The van der Waals surface area contributed by atoms with Gasteiger partial charge in [-0.15, -0.1) is 0 Å². The van der Waals surface area contributed by atoms with Crippen molar-refractivity contribution in [2.45, 2.75) is 12.8 Å². The summed E-state index contributed by atoms with van der Waals surface area (Å²) in [6.45, 7) is 2.59. The molecule has 1 saturated heterocycles. The van der Waals surface area contributed by atoms with Crippen molar-refractivity contribution in [2.24, 2.45) is 5.92 Å². The first-order valence-corrected chi connectivity index (χ1v) is 6.33. The molecule has 1 fully saturated rings. The molecule has 2 aliphatic rings. The molecule has 3 rings (SSSR count). The van der Waals surface area contributed by atoms with Gasteiger partial charge in [0, 0.05) is 25.2 Å². The first-order chi connectivity index (χ1) is 8.83. The van der Waals surface area contributed by atoms with Crippen LogP contribution in [-0.4, -0.2) is 32.2 Å². The lowest BCUT2D eigenvalue weighted by molar-refractivity contribution is 0.0951. The summed E-state index contributed by atoms with van der Waals surface area (Å²) in [6.07, 6.45) is 1.54. The van der Waals surface area contributed by atoms with E-state index in [9.17, 15) is 4.79 Å². The lowest BCUT2D eigenvalue weighted by Gasteiger charge is -2.18. The van der Waals surface area contributed by atoms with Gasteiger partial charge in [-0.3, -0.25) is 4.79 Å². The molecule has 1 aromatic rings. The van der Waals surface area contributed by atoms with Gasteiger partial charge in [0.05, 0.1) is 0 Å². The largest absolute Gasteiger partial charge is 0.486 e. The van der Waals surface area contributed by atoms with E-state index in [1.165, 1.54) is 0 Å². The van der Waals surface area contributed by atoms with Gasteiger partial charge in [-0.1, -0.05) is 0 Å². The number of hydrogen-bond acceptors (Lipinski definition) is 4. The van der Waals surface area contributed by atoms with Gasteiger partial charge in [-0.05, 0) is 30.5 Å². The number of benzene rings is 1. The summed E-state index contributed by atoms with van der Waals surface area (Å²) in [5.41, 5.74) is 0.700. The van der Waals surface area contributed by atoms with Crippen molar-refractivity contribution in [2.75, 3.05) is 26.4 Å². The molecule has 2 heterocycles. The molecule has 2 aliphatic heterocycles. The molecule has 18 heavy (non-hydrogen) atoms. The molecule has 0 bridgehead atoms. The Labute approximate surface area is 106 Å². The molecular weight excluding hydrogens is 232 g/mol. The number of fused-ring (bicyclic) bond motifs is 1. The van der Waals surface area contributed by atoms with Gasteiger partial charge in [0.2, 0.25) is 0 Å². The summed E-state index contributed by atoms with van der Waals surface area (Å²) < 4.78 is 16.2. The Balaban J connectivity index is 1.73. The average Bonchev–Trinajstić information content (AvgIpc) is 2.91. The van der Waals surface area contributed by atoms with E-state index in [4.69, 9.17) is 14.2 Å². The normalized spacial score (nSPS) is 21.9. The van der Waals surface area contributed by atoms with Crippen molar-refractivity contribution in [3.8, 4) is 11.5 Å². The highest BCUT2D eigenvalue weighted by atomic mass is 16.6. The van der Waals surface area contributed by atoms with Crippen LogP contribution in [0.3, 0.4) is 0 Å². The van der Waals surface area contributed by atoms with Crippen LogP contribution in [0.25, 0.3) is 0 Å². The summed E-state index contributed by atoms with van der Waals surface area (Å²) in [6, 6.07) is 5.41. The highest BCUT2D eigenvalue weighted by Gasteiger charge is 2.21. The van der Waals surface area contributed by atoms with Crippen LogP contribution in [0.4, 0.5) is 0 Å². The Morgan fingerprint density at radius 1 is 1.17 bits per heavy atom. The molecule has 0 radical (unpaired) electrons. The molecule has 0 amide bonds. The van der Waals surface area contributed by atoms with Crippen LogP contribution in [-0.2, 0) is 4.74 Å². The number of ketones is 1. The minimum Gasteiger partial charge on any atom is -0.486 e. The van der Waals surface area contributed by atoms with E-state index in [2.05, 4.69) is 0 Å². The predicted molar refractivity (Wildman–Crippen MR) is 65.3 cm³/mol. The molecule has 4 heteroatoms. The number of carbonyl (C=O) groups is 1. The topological polar surface area (TPSA) is 44.8 Å². The van der Waals surface area contributed by atoms with Crippen molar-refractivity contribution in [1.29, 1.82) is 0 Å². The molecule has 0 aromatic heterocycles. The molecule has 0 aliphatic carbocycles. The first-order valence-electron chi connectivity index (χ1n) is 6.33. The molecule has 1 atom stereocenters. The van der Waals surface area contributed by atoms with E-state index in [0.29, 0.717) is 43.5 Å². The van der Waals surface area contributed by atoms with Gasteiger partial charge in [0.1, 0.15) is 13.2 Å². The second kappa shape index (κ2) is 4.98. The van der Waals surface area contributed by atoms with Gasteiger partial charge >= 0.3 is 0 Å². The zero-order valence-electron chi connectivity index (χ0n) is 10.2. The molecule has 1 unspecified atom stereocenters. The zero-order chi connectivity index (χ0) is 12.4. The van der Waals surface area contributed by atoms with Gasteiger partial charge in [-0.25, -0.2) is 0 Å². The van der Waals surface area contributed by atoms with Gasteiger partial charge < -0.3 is 14.2 Å². The average molecular weight is 248 g/mol. The fourth-order valence-electron chi connectivity index (χ4n) is 2.34. The maximum atomic E-state index is 12.1. The Morgan fingerprint density at radius 3 is 2.78 bits per heavy atom. The van der Waals surface area contributed by atoms with Crippen LogP contribution in [0, 0.1) is 5.92 Å². The fourth-order valence-corrected chi connectivity index (χ4v) is 2.34. The summed E-state index contributed by atoms with van der Waals surface area (Å²) in [7, 11) is 0. The standard InChI is InChI=1S/C14H16O4/c15-12(7-10-3-4-16-9-10)11-1-2-13-14(8-11)18-6-5-17-13/h1-2,8,10H,3-7,9H2. The Bertz CT molecular complexity index is 449. The maximum Gasteiger partial charge on any atom is 0.163 e. The minimum atomic E-state index is 0.155. The predicted octanol–water partition coefficient (Wildman–Crippen LogP) is 2.07. The quantitative estimate of drug-likeness (QED) is 0.768. The van der Waals surface area contributed by atoms with E-state index in [0.717, 1.165) is 18.8 Å². The lowest BCUT2D eigenvalue weighted by Crippen LogP contribution is -2.16. The fraction of sp³-hybridized carbons (Fsp3) is 0.500. The second-order valence-corrected chi connectivity index (χ2v) is 4.72. The molecule has 0 N–H and O–H groups in total. The Morgan fingerprint density at radius 2 is 2.00 bits per heavy atom. The summed E-state index contributed by atoms with van der Waals surface area (Å²) in [5, 5.41) is 0. The first kappa shape index (κ1) is 11.5. The Kier molecular flexibility index (Phi) is 3.19. The summed E-state index contributed by atoms with van der Waals surface area (Å²) in [5.74, 6) is 1.92. The maximum absolute atomic E-state index is 12.1. The Hall–Kier alpha value is -1.55. The number of ether oxygens (including phenoxy) is 3. The highest BCUT2D eigenvalue weighted by Crippen LogP contribution is 2.31. The monoisotopic (exact) mass is 248 g/mol. The van der Waals surface area contributed by atoms with Crippen LogP contribution in [0.1, 0.15) is 23.2 Å². The third-order valence-corrected chi connectivity index (χ3v) is 3.36. The molecule has 1 aromatic carbocycles. The summed E-state index contributed by atoms with van der Waals surface area (Å²) >= 11 is 0. The molecule has 0 saturated carbocycles. The lowest BCUT2D eigenvalue weighted by atomic mass is 9.97. The minimum absolute atomic E-state index is 0.155. The number of rotatable bonds is 3. The molecular formula is C14H16O4. The van der Waals surface area contributed by atoms with Crippen molar-refractivity contribution >= 4 is 5.78 Å². The van der Waals surface area contributed by atoms with Crippen molar-refractivity contribution in [3.63, 3.8) is 0 Å². The molecule has 96 valence electrons. The molecule has 4 nitrogen and oxygen atoms in total. The van der Waals surface area contributed by atoms with Crippen molar-refractivity contribution in [3.05, 3.63) is 23.8 Å². The van der Waals surface area contributed by atoms with E-state index in [1.54, 1.807) is 6.07 Å². The number of hydrogen-bond donors (Lipinski definition) is 0. The van der Waals surface area contributed by atoms with Crippen molar-refractivity contribution < 1.29 is 19.0 Å². The zero-order valence-corrected chi connectivity index (χ0v) is 10.2. The van der Waals surface area contributed by atoms with Crippen LogP contribution >= 0.6 is 0 Å². The van der Waals surface area contributed by atoms with Crippen molar-refractivity contribution in [1.82, 2.24) is 0 Å². The summed E-state index contributed by atoms with van der Waals surface area (Å²) in [4.78, 5) is 12.1. The third kappa shape index (κ3) is 2.34. The van der Waals surface area contributed by atoms with Gasteiger partial charge in [0.15, 0.2) is 17.3 Å². The number of carbonyl (C=O) groups excluding carboxylic acids is 1. The SMILES string of the molecule is O=C(CC1CCOC1)c1ccc2c(c1)OCCO2. The highest BCUT2D eigenvalue weighted by molar-refractivity contribution is 5.96. The van der Waals surface area contributed by atoms with E-state index < -0.39 is 0 Å². The smallest absolute Gasteiger partial charge is 0.163 e. The van der Waals surface area contributed by atoms with Crippen LogP contribution in [0.15, 0.2) is 18.2 Å². The number of Topliss-reactive ketones (excluding diaryl/α,β-unsaturated/α-hetero) is 1. The molecule has 0 spiro atoms. The van der Waals surface area contributed by atoms with Crippen LogP contribution < -0.4 is 9.47 Å². The van der Waals surface area contributed by atoms with Gasteiger partial charge in [-0.2, -0.15) is 0 Å². The van der Waals surface area contributed by atoms with E-state index in [1.807, 2.05) is 12.1 Å². The van der Waals surface area contributed by atoms with Gasteiger partial charge in [0.25, 0.3) is 0 Å². The van der Waals surface area contributed by atoms with Crippen LogP contribution in [0.5, 0.6) is 11.5 Å². The van der Waals surface area contributed by atoms with Crippen LogP contribution in [0.2, 0.25) is 0 Å². The van der Waals surface area contributed by atoms with E-state index in [-0.39, 0.29) is 5.78 Å². The van der Waals surface area contributed by atoms with E-state index >= 15 is 0 Å². The third-order valence-electron chi connectivity index (χ3n) is 3.36.